The summed E-state index contributed by atoms with van der Waals surface area (Å²) >= 11 is 0. The van der Waals surface area contributed by atoms with Gasteiger partial charge < -0.3 is 15.8 Å². The number of anilines is 2. The molecule has 1 aliphatic heterocycles. The highest BCUT2D eigenvalue weighted by molar-refractivity contribution is 5.47. The molecule has 1 aromatic rings. The summed E-state index contributed by atoms with van der Waals surface area (Å²) in [6, 6.07) is 1.79. The summed E-state index contributed by atoms with van der Waals surface area (Å²) in [4.78, 5) is 3.83. The summed E-state index contributed by atoms with van der Waals surface area (Å²) in [5.74, 6) is 0.312. The number of halogens is 3. The number of aromatic nitrogens is 1. The zero-order valence-electron chi connectivity index (χ0n) is 9.63. The van der Waals surface area contributed by atoms with Crippen molar-refractivity contribution >= 4 is 11.6 Å². The molecule has 1 saturated heterocycles. The Morgan fingerprint density at radius 3 is 2.83 bits per heavy atom. The molecule has 2 heterocycles. The monoisotopic (exact) mass is 261 g/mol. The lowest BCUT2D eigenvalue weighted by molar-refractivity contribution is -0.137. The van der Waals surface area contributed by atoms with Gasteiger partial charge in [-0.05, 0) is 18.6 Å². The number of pyridine rings is 1. The molecule has 1 aliphatic rings. The second-order valence-corrected chi connectivity index (χ2v) is 4.27. The number of ether oxygens (including phenoxy) is 1. The first-order valence-electron chi connectivity index (χ1n) is 5.61. The average Bonchev–Trinajstić information content (AvgIpc) is 2.77. The number of nitrogen functional groups attached to an aromatic ring is 1. The second-order valence-electron chi connectivity index (χ2n) is 4.27. The zero-order chi connectivity index (χ0) is 13.2. The van der Waals surface area contributed by atoms with Crippen molar-refractivity contribution in [1.82, 2.24) is 4.98 Å². The third-order valence-electron chi connectivity index (χ3n) is 2.77. The third-order valence-corrected chi connectivity index (χ3v) is 2.77. The van der Waals surface area contributed by atoms with E-state index in [9.17, 15) is 13.2 Å². The van der Waals surface area contributed by atoms with E-state index >= 15 is 0 Å². The van der Waals surface area contributed by atoms with Crippen LogP contribution in [0.25, 0.3) is 0 Å². The van der Waals surface area contributed by atoms with Crippen LogP contribution in [0.3, 0.4) is 0 Å². The molecule has 3 N–H and O–H groups in total. The van der Waals surface area contributed by atoms with Crippen LogP contribution in [-0.4, -0.2) is 24.7 Å². The molecule has 0 amide bonds. The summed E-state index contributed by atoms with van der Waals surface area (Å²) in [6.45, 7) is 1.86. The molecule has 0 spiro atoms. The van der Waals surface area contributed by atoms with Gasteiger partial charge in [0.2, 0.25) is 0 Å². The van der Waals surface area contributed by atoms with E-state index in [0.717, 1.165) is 18.6 Å². The van der Waals surface area contributed by atoms with Gasteiger partial charge in [-0.1, -0.05) is 0 Å². The number of hydrogen-bond donors (Lipinski definition) is 2. The smallest absolute Gasteiger partial charge is 0.384 e. The fourth-order valence-electron chi connectivity index (χ4n) is 1.80. The fourth-order valence-corrected chi connectivity index (χ4v) is 1.80. The van der Waals surface area contributed by atoms with Crippen LogP contribution in [0.15, 0.2) is 12.1 Å². The predicted molar refractivity (Wildman–Crippen MR) is 61.1 cm³/mol. The Morgan fingerprint density at radius 2 is 2.22 bits per heavy atom. The molecular formula is C11H14F3N3O. The minimum absolute atomic E-state index is 0.144. The van der Waals surface area contributed by atoms with E-state index in [1.165, 1.54) is 0 Å². The van der Waals surface area contributed by atoms with Gasteiger partial charge in [0.25, 0.3) is 0 Å². The SMILES string of the molecule is Nc1cc(C(F)(F)F)cc(NCC2CCOC2)n1. The van der Waals surface area contributed by atoms with Gasteiger partial charge in [0.15, 0.2) is 0 Å². The number of nitrogens with one attached hydrogen (secondary N) is 1. The third kappa shape index (κ3) is 3.25. The van der Waals surface area contributed by atoms with E-state index in [2.05, 4.69) is 10.3 Å². The van der Waals surface area contributed by atoms with Gasteiger partial charge in [0.05, 0.1) is 12.2 Å². The molecule has 0 aromatic carbocycles. The van der Waals surface area contributed by atoms with E-state index in [1.807, 2.05) is 0 Å². The highest BCUT2D eigenvalue weighted by Gasteiger charge is 2.31. The largest absolute Gasteiger partial charge is 0.416 e. The molecule has 4 nitrogen and oxygen atoms in total. The standard InChI is InChI=1S/C11H14F3N3O/c12-11(13,14)8-3-9(15)17-10(4-8)16-5-7-1-2-18-6-7/h3-4,7H,1-2,5-6H2,(H3,15,16,17). The van der Waals surface area contributed by atoms with Crippen LogP contribution in [0.1, 0.15) is 12.0 Å². The van der Waals surface area contributed by atoms with Gasteiger partial charge in [0, 0.05) is 19.1 Å². The summed E-state index contributed by atoms with van der Waals surface area (Å²) in [6.07, 6.45) is -3.51. The van der Waals surface area contributed by atoms with Crippen LogP contribution in [0.5, 0.6) is 0 Å². The van der Waals surface area contributed by atoms with Crippen molar-refractivity contribution in [3.63, 3.8) is 0 Å². The fraction of sp³-hybridized carbons (Fsp3) is 0.545. The van der Waals surface area contributed by atoms with Crippen molar-refractivity contribution in [3.05, 3.63) is 17.7 Å². The molecule has 0 saturated carbocycles. The molecule has 7 heteroatoms. The number of alkyl halides is 3. The first kappa shape index (κ1) is 12.9. The summed E-state index contributed by atoms with van der Waals surface area (Å²) in [5.41, 5.74) is 4.57. The Bertz CT molecular complexity index is 416. The van der Waals surface area contributed by atoms with E-state index in [-0.39, 0.29) is 11.6 Å². The molecular weight excluding hydrogens is 247 g/mol. The van der Waals surface area contributed by atoms with Crippen LogP contribution >= 0.6 is 0 Å². The lowest BCUT2D eigenvalue weighted by Crippen LogP contribution is -2.16. The number of rotatable bonds is 3. The lowest BCUT2D eigenvalue weighted by Gasteiger charge is -2.13. The Kier molecular flexibility index (Phi) is 3.60. The van der Waals surface area contributed by atoms with Crippen molar-refractivity contribution in [2.24, 2.45) is 5.92 Å². The molecule has 1 fully saturated rings. The predicted octanol–water partition coefficient (Wildman–Crippen LogP) is 2.13. The van der Waals surface area contributed by atoms with Crippen molar-refractivity contribution in [2.45, 2.75) is 12.6 Å². The minimum Gasteiger partial charge on any atom is -0.384 e. The van der Waals surface area contributed by atoms with Gasteiger partial charge in [-0.25, -0.2) is 4.98 Å². The van der Waals surface area contributed by atoms with Gasteiger partial charge in [-0.2, -0.15) is 13.2 Å². The number of nitrogens with zero attached hydrogens (tertiary/aromatic N) is 1. The highest BCUT2D eigenvalue weighted by atomic mass is 19.4. The normalized spacial score (nSPS) is 20.1. The Labute approximate surface area is 102 Å². The molecule has 100 valence electrons. The van der Waals surface area contributed by atoms with Gasteiger partial charge in [-0.15, -0.1) is 0 Å². The van der Waals surface area contributed by atoms with E-state index in [1.54, 1.807) is 0 Å². The molecule has 18 heavy (non-hydrogen) atoms. The maximum Gasteiger partial charge on any atom is 0.416 e. The molecule has 1 atom stereocenters. The zero-order valence-corrected chi connectivity index (χ0v) is 9.63. The van der Waals surface area contributed by atoms with Gasteiger partial charge in [0.1, 0.15) is 11.6 Å². The Hall–Kier alpha value is -1.50. The van der Waals surface area contributed by atoms with Gasteiger partial charge in [-0.3, -0.25) is 0 Å². The van der Waals surface area contributed by atoms with Crippen molar-refractivity contribution in [2.75, 3.05) is 30.8 Å². The molecule has 0 radical (unpaired) electrons. The Morgan fingerprint density at radius 1 is 1.44 bits per heavy atom. The maximum atomic E-state index is 12.6. The average molecular weight is 261 g/mol. The molecule has 1 unspecified atom stereocenters. The molecule has 1 aromatic heterocycles. The summed E-state index contributed by atoms with van der Waals surface area (Å²) in [5, 5.41) is 2.87. The molecule has 0 aliphatic carbocycles. The summed E-state index contributed by atoms with van der Waals surface area (Å²) in [7, 11) is 0. The lowest BCUT2D eigenvalue weighted by atomic mass is 10.1. The van der Waals surface area contributed by atoms with E-state index in [0.29, 0.717) is 25.7 Å². The molecule has 2 rings (SSSR count). The quantitative estimate of drug-likeness (QED) is 0.875. The van der Waals surface area contributed by atoms with Crippen molar-refractivity contribution < 1.29 is 17.9 Å². The van der Waals surface area contributed by atoms with Crippen LogP contribution in [0.4, 0.5) is 24.8 Å². The summed E-state index contributed by atoms with van der Waals surface area (Å²) < 4.78 is 42.9. The maximum absolute atomic E-state index is 12.6. The minimum atomic E-state index is -4.41. The van der Waals surface area contributed by atoms with E-state index < -0.39 is 11.7 Å². The van der Waals surface area contributed by atoms with Crippen LogP contribution in [0, 0.1) is 5.92 Å². The highest BCUT2D eigenvalue weighted by Crippen LogP contribution is 2.31. The number of nitrogens with two attached hydrogens (primary N) is 1. The molecule has 0 bridgehead atoms. The Balaban J connectivity index is 2.05. The van der Waals surface area contributed by atoms with E-state index in [4.69, 9.17) is 10.5 Å². The van der Waals surface area contributed by atoms with Crippen molar-refractivity contribution in [1.29, 1.82) is 0 Å². The van der Waals surface area contributed by atoms with Crippen LogP contribution in [0.2, 0.25) is 0 Å². The van der Waals surface area contributed by atoms with Gasteiger partial charge >= 0.3 is 6.18 Å². The van der Waals surface area contributed by atoms with Crippen molar-refractivity contribution in [3.8, 4) is 0 Å². The second kappa shape index (κ2) is 5.01. The first-order valence-corrected chi connectivity index (χ1v) is 5.61. The number of hydrogen-bond acceptors (Lipinski definition) is 4. The first-order chi connectivity index (χ1) is 8.45. The topological polar surface area (TPSA) is 60.2 Å². The van der Waals surface area contributed by atoms with Crippen LogP contribution in [-0.2, 0) is 10.9 Å². The van der Waals surface area contributed by atoms with Crippen LogP contribution < -0.4 is 11.1 Å².